The Morgan fingerprint density at radius 2 is 1.97 bits per heavy atom. The fourth-order valence-electron chi connectivity index (χ4n) is 3.75. The molecular weight excluding hydrogens is 412 g/mol. The van der Waals surface area contributed by atoms with Crippen LogP contribution in [0.1, 0.15) is 24.0 Å². The molecule has 4 aromatic rings. The van der Waals surface area contributed by atoms with Gasteiger partial charge in [0.15, 0.2) is 16.6 Å². The maximum atomic E-state index is 12.8. The first kappa shape index (κ1) is 19.6. The molecule has 0 unspecified atom stereocenters. The summed E-state index contributed by atoms with van der Waals surface area (Å²) in [4.78, 5) is 19.6. The molecule has 1 aliphatic heterocycles. The standard InChI is InChI=1S/C21H22N8OS/c1-13-3-4-16(11-14(13)2)17-12-31-21(22-17)23-20(30)15-7-9-28(10-8-15)19-6-5-18-24-26-27-29(18)25-19/h3-6,11-12,15H,7-10H2,1-2H3,(H,22,23,30). The fourth-order valence-corrected chi connectivity index (χ4v) is 4.47. The Balaban J connectivity index is 1.20. The van der Waals surface area contributed by atoms with Crippen molar-refractivity contribution in [1.29, 1.82) is 0 Å². The minimum Gasteiger partial charge on any atom is -0.355 e. The van der Waals surface area contributed by atoms with Crippen LogP contribution in [0.5, 0.6) is 0 Å². The van der Waals surface area contributed by atoms with E-state index in [-0.39, 0.29) is 11.8 Å². The van der Waals surface area contributed by atoms with E-state index < -0.39 is 0 Å². The Hall–Kier alpha value is -3.40. The third kappa shape index (κ3) is 3.98. The summed E-state index contributed by atoms with van der Waals surface area (Å²) >= 11 is 1.46. The third-order valence-corrected chi connectivity index (χ3v) is 6.54. The number of piperidine rings is 1. The van der Waals surface area contributed by atoms with E-state index in [1.165, 1.54) is 27.1 Å². The molecule has 0 saturated carbocycles. The normalized spacial score (nSPS) is 14.8. The number of thiazole rings is 1. The maximum absolute atomic E-state index is 12.8. The number of hydrogen-bond donors (Lipinski definition) is 1. The number of nitrogens with one attached hydrogen (secondary N) is 1. The smallest absolute Gasteiger partial charge is 0.229 e. The number of rotatable bonds is 4. The highest BCUT2D eigenvalue weighted by Crippen LogP contribution is 2.28. The highest BCUT2D eigenvalue weighted by Gasteiger charge is 2.26. The van der Waals surface area contributed by atoms with Gasteiger partial charge in [-0.3, -0.25) is 4.79 Å². The van der Waals surface area contributed by atoms with E-state index in [4.69, 9.17) is 0 Å². The molecule has 158 valence electrons. The van der Waals surface area contributed by atoms with Crippen LogP contribution in [0.15, 0.2) is 35.7 Å². The molecule has 9 nitrogen and oxygen atoms in total. The van der Waals surface area contributed by atoms with Gasteiger partial charge in [0.2, 0.25) is 5.91 Å². The Kier molecular flexibility index (Phi) is 5.06. The van der Waals surface area contributed by atoms with Crippen molar-refractivity contribution in [2.45, 2.75) is 26.7 Å². The first-order valence-electron chi connectivity index (χ1n) is 10.2. The summed E-state index contributed by atoms with van der Waals surface area (Å²) in [5, 5.41) is 21.4. The van der Waals surface area contributed by atoms with E-state index in [1.54, 1.807) is 0 Å². The van der Waals surface area contributed by atoms with Crippen molar-refractivity contribution in [3.63, 3.8) is 0 Å². The summed E-state index contributed by atoms with van der Waals surface area (Å²) in [6.45, 7) is 5.70. The summed E-state index contributed by atoms with van der Waals surface area (Å²) in [6, 6.07) is 10.1. The Morgan fingerprint density at radius 1 is 1.13 bits per heavy atom. The Bertz CT molecular complexity index is 1240. The molecule has 1 aliphatic rings. The molecule has 31 heavy (non-hydrogen) atoms. The van der Waals surface area contributed by atoms with Crippen LogP contribution < -0.4 is 10.2 Å². The lowest BCUT2D eigenvalue weighted by atomic mass is 9.96. The lowest BCUT2D eigenvalue weighted by Gasteiger charge is -2.31. The predicted molar refractivity (Wildman–Crippen MR) is 119 cm³/mol. The van der Waals surface area contributed by atoms with E-state index in [2.05, 4.69) is 67.9 Å². The largest absolute Gasteiger partial charge is 0.355 e. The molecule has 0 spiro atoms. The van der Waals surface area contributed by atoms with Crippen LogP contribution in [0.4, 0.5) is 10.9 Å². The van der Waals surface area contributed by atoms with Gasteiger partial charge >= 0.3 is 0 Å². The lowest BCUT2D eigenvalue weighted by Crippen LogP contribution is -2.38. The van der Waals surface area contributed by atoms with Gasteiger partial charge in [0, 0.05) is 30.0 Å². The highest BCUT2D eigenvalue weighted by atomic mass is 32.1. The van der Waals surface area contributed by atoms with Gasteiger partial charge in [0.05, 0.1) is 5.69 Å². The van der Waals surface area contributed by atoms with Gasteiger partial charge in [0.25, 0.3) is 0 Å². The number of carbonyl (C=O) groups excluding carboxylic acids is 1. The number of aryl methyl sites for hydroxylation is 2. The molecule has 1 saturated heterocycles. The molecule has 0 radical (unpaired) electrons. The van der Waals surface area contributed by atoms with E-state index in [0.717, 1.165) is 43.0 Å². The van der Waals surface area contributed by atoms with Gasteiger partial charge in [-0.2, -0.15) is 0 Å². The average Bonchev–Trinajstić information content (AvgIpc) is 3.45. The number of tetrazole rings is 1. The Labute approximate surface area is 183 Å². The molecule has 1 amide bonds. The molecule has 4 heterocycles. The van der Waals surface area contributed by atoms with Crippen LogP contribution in [0.2, 0.25) is 0 Å². The number of hydrogen-bond acceptors (Lipinski definition) is 8. The van der Waals surface area contributed by atoms with E-state index in [0.29, 0.717) is 10.8 Å². The zero-order valence-electron chi connectivity index (χ0n) is 17.3. The van der Waals surface area contributed by atoms with Crippen LogP contribution in [0.3, 0.4) is 0 Å². The SMILES string of the molecule is Cc1ccc(-c2csc(NC(=O)C3CCN(c4ccc5nnnn5n4)CC3)n2)cc1C. The molecule has 5 rings (SSSR count). The van der Waals surface area contributed by atoms with E-state index in [1.807, 2.05) is 17.5 Å². The van der Waals surface area contributed by atoms with Crippen molar-refractivity contribution < 1.29 is 4.79 Å². The predicted octanol–water partition coefficient (Wildman–Crippen LogP) is 3.11. The van der Waals surface area contributed by atoms with Gasteiger partial charge in [-0.1, -0.05) is 12.1 Å². The number of fused-ring (bicyclic) bond motifs is 1. The van der Waals surface area contributed by atoms with E-state index in [9.17, 15) is 4.79 Å². The first-order valence-corrected chi connectivity index (χ1v) is 11.1. The highest BCUT2D eigenvalue weighted by molar-refractivity contribution is 7.14. The van der Waals surface area contributed by atoms with Crippen molar-refractivity contribution in [2.75, 3.05) is 23.3 Å². The van der Waals surface area contributed by atoms with Crippen molar-refractivity contribution in [3.8, 4) is 11.3 Å². The molecule has 1 fully saturated rings. The number of amides is 1. The summed E-state index contributed by atoms with van der Waals surface area (Å²) in [5.74, 6) is 0.808. The molecule has 1 N–H and O–H groups in total. The van der Waals surface area contributed by atoms with Crippen LogP contribution in [-0.2, 0) is 4.79 Å². The van der Waals surface area contributed by atoms with Crippen LogP contribution in [0, 0.1) is 19.8 Å². The average molecular weight is 435 g/mol. The quantitative estimate of drug-likeness (QED) is 0.527. The number of carbonyl (C=O) groups is 1. The first-order chi connectivity index (χ1) is 15.1. The van der Waals surface area contributed by atoms with Gasteiger partial charge in [-0.25, -0.2) is 4.98 Å². The summed E-state index contributed by atoms with van der Waals surface area (Å²) in [7, 11) is 0. The summed E-state index contributed by atoms with van der Waals surface area (Å²) in [6.07, 6.45) is 1.52. The molecule has 0 bridgehead atoms. The Morgan fingerprint density at radius 3 is 2.77 bits per heavy atom. The monoisotopic (exact) mass is 434 g/mol. The minimum atomic E-state index is -0.0398. The second-order valence-electron chi connectivity index (χ2n) is 7.81. The van der Waals surface area contributed by atoms with Gasteiger partial charge in [0.1, 0.15) is 0 Å². The van der Waals surface area contributed by atoms with E-state index >= 15 is 0 Å². The summed E-state index contributed by atoms with van der Waals surface area (Å²) in [5.41, 5.74) is 5.06. The number of benzene rings is 1. The van der Waals surface area contributed by atoms with Crippen molar-refractivity contribution in [3.05, 3.63) is 46.8 Å². The second-order valence-corrected chi connectivity index (χ2v) is 8.66. The van der Waals surface area contributed by atoms with Crippen molar-refractivity contribution in [2.24, 2.45) is 5.92 Å². The number of anilines is 2. The lowest BCUT2D eigenvalue weighted by molar-refractivity contribution is -0.120. The third-order valence-electron chi connectivity index (χ3n) is 5.78. The topological polar surface area (TPSA) is 101 Å². The zero-order valence-corrected chi connectivity index (χ0v) is 18.1. The zero-order chi connectivity index (χ0) is 21.4. The number of aromatic nitrogens is 6. The maximum Gasteiger partial charge on any atom is 0.229 e. The molecule has 3 aromatic heterocycles. The van der Waals surface area contributed by atoms with Gasteiger partial charge in [-0.05, 0) is 66.4 Å². The van der Waals surface area contributed by atoms with Crippen LogP contribution >= 0.6 is 11.3 Å². The molecule has 10 heteroatoms. The summed E-state index contributed by atoms with van der Waals surface area (Å²) < 4.78 is 1.42. The molecule has 0 atom stereocenters. The van der Waals surface area contributed by atoms with Gasteiger partial charge < -0.3 is 10.2 Å². The van der Waals surface area contributed by atoms with Crippen LogP contribution in [0.25, 0.3) is 16.9 Å². The molecule has 1 aromatic carbocycles. The minimum absolute atomic E-state index is 0.0320. The van der Waals surface area contributed by atoms with Crippen molar-refractivity contribution >= 4 is 33.8 Å². The van der Waals surface area contributed by atoms with Gasteiger partial charge in [-0.15, -0.1) is 26.2 Å². The number of nitrogens with zero attached hydrogens (tertiary/aromatic N) is 7. The van der Waals surface area contributed by atoms with Crippen molar-refractivity contribution in [1.82, 2.24) is 30.2 Å². The second kappa shape index (κ2) is 8.03. The van der Waals surface area contributed by atoms with Crippen LogP contribution in [-0.4, -0.2) is 49.2 Å². The molecular formula is C21H22N8OS. The fraction of sp³-hybridized carbons (Fsp3) is 0.333. The molecule has 0 aliphatic carbocycles.